The molecule has 2 heterocycles. The van der Waals surface area contributed by atoms with E-state index in [0.29, 0.717) is 24.6 Å². The van der Waals surface area contributed by atoms with Crippen molar-refractivity contribution in [3.63, 3.8) is 0 Å². The Morgan fingerprint density at radius 2 is 1.82 bits per heavy atom. The van der Waals surface area contributed by atoms with Gasteiger partial charge >= 0.3 is 5.69 Å². The Bertz CT molecular complexity index is 1050. The summed E-state index contributed by atoms with van der Waals surface area (Å²) in [5.74, 6) is 1.50. The lowest BCUT2D eigenvalue weighted by molar-refractivity contribution is -0.384. The summed E-state index contributed by atoms with van der Waals surface area (Å²) in [7, 11) is 1.64. The molecular formula is C19H19N5O4. The summed E-state index contributed by atoms with van der Waals surface area (Å²) < 4.78 is 8.14. The minimum atomic E-state index is -0.470. The Balaban J connectivity index is 1.53. The van der Waals surface area contributed by atoms with Gasteiger partial charge in [0.2, 0.25) is 0 Å². The second-order valence-corrected chi connectivity index (χ2v) is 6.59. The van der Waals surface area contributed by atoms with Crippen LogP contribution in [0, 0.1) is 10.1 Å². The van der Waals surface area contributed by atoms with E-state index in [9.17, 15) is 14.9 Å². The van der Waals surface area contributed by atoms with Crippen molar-refractivity contribution in [3.8, 4) is 11.4 Å². The number of methoxy groups -OCH3 is 1. The third-order valence-corrected chi connectivity index (χ3v) is 4.81. The van der Waals surface area contributed by atoms with Gasteiger partial charge in [-0.25, -0.2) is 4.79 Å². The van der Waals surface area contributed by atoms with E-state index < -0.39 is 4.92 Å². The fraction of sp³-hybridized carbons (Fsp3) is 0.263. The molecule has 0 atom stereocenters. The number of nitrogens with zero attached hydrogens (tertiary/aromatic N) is 5. The highest BCUT2D eigenvalue weighted by Gasteiger charge is 2.22. The molecule has 0 unspecified atom stereocenters. The molecule has 28 heavy (non-hydrogen) atoms. The number of aromatic nitrogens is 3. The summed E-state index contributed by atoms with van der Waals surface area (Å²) >= 11 is 0. The number of ether oxygens (including phenoxy) is 1. The summed E-state index contributed by atoms with van der Waals surface area (Å²) in [6.07, 6.45) is 0. The van der Waals surface area contributed by atoms with E-state index in [0.717, 1.165) is 24.4 Å². The van der Waals surface area contributed by atoms with Crippen LogP contribution in [-0.2, 0) is 19.6 Å². The molecule has 0 fully saturated rings. The van der Waals surface area contributed by atoms with Crippen LogP contribution in [0.1, 0.15) is 11.4 Å². The summed E-state index contributed by atoms with van der Waals surface area (Å²) in [5.41, 5.74) is 1.42. The van der Waals surface area contributed by atoms with E-state index >= 15 is 0 Å². The molecule has 3 aromatic rings. The number of hydrogen-bond donors (Lipinski definition) is 0. The molecule has 0 aliphatic carbocycles. The van der Waals surface area contributed by atoms with Gasteiger partial charge in [-0.15, -0.1) is 5.10 Å². The Labute approximate surface area is 160 Å². The first-order valence-electron chi connectivity index (χ1n) is 8.84. The molecular weight excluding hydrogens is 362 g/mol. The molecule has 2 aromatic carbocycles. The Hall–Kier alpha value is -3.46. The lowest BCUT2D eigenvalue weighted by Gasteiger charge is -2.26. The Morgan fingerprint density at radius 3 is 2.46 bits per heavy atom. The highest BCUT2D eigenvalue weighted by molar-refractivity contribution is 5.40. The number of hydrogen-bond acceptors (Lipinski definition) is 6. The normalized spacial score (nSPS) is 13.9. The molecule has 9 heteroatoms. The van der Waals surface area contributed by atoms with Crippen LogP contribution in [0.3, 0.4) is 0 Å². The predicted octanol–water partition coefficient (Wildman–Crippen LogP) is 1.97. The maximum absolute atomic E-state index is 12.7. The molecule has 0 radical (unpaired) electrons. The third-order valence-electron chi connectivity index (χ3n) is 4.81. The van der Waals surface area contributed by atoms with Crippen molar-refractivity contribution >= 4 is 5.69 Å². The molecule has 1 aromatic heterocycles. The fourth-order valence-electron chi connectivity index (χ4n) is 3.31. The van der Waals surface area contributed by atoms with Gasteiger partial charge in [-0.3, -0.25) is 19.6 Å². The SMILES string of the molecule is COc1ccc(CN2CCn3c(nn(-c4ccc([N+](=O)[O-])cc4)c3=O)C2)cc1. The number of non-ortho nitro benzene ring substituents is 1. The van der Waals surface area contributed by atoms with Gasteiger partial charge in [0.1, 0.15) is 11.6 Å². The number of rotatable bonds is 5. The topological polar surface area (TPSA) is 95.4 Å². The van der Waals surface area contributed by atoms with Crippen LogP contribution in [0.5, 0.6) is 5.75 Å². The van der Waals surface area contributed by atoms with Crippen LogP contribution in [0.15, 0.2) is 53.3 Å². The van der Waals surface area contributed by atoms with Crippen molar-refractivity contribution in [3.05, 3.63) is 80.5 Å². The van der Waals surface area contributed by atoms with Crippen LogP contribution in [-0.4, -0.2) is 37.8 Å². The lowest BCUT2D eigenvalue weighted by atomic mass is 10.2. The highest BCUT2D eigenvalue weighted by atomic mass is 16.6. The quantitative estimate of drug-likeness (QED) is 0.495. The van der Waals surface area contributed by atoms with Crippen LogP contribution < -0.4 is 10.4 Å². The zero-order valence-electron chi connectivity index (χ0n) is 15.3. The number of nitro groups is 1. The van der Waals surface area contributed by atoms with Crippen LogP contribution in [0.2, 0.25) is 0 Å². The van der Waals surface area contributed by atoms with Gasteiger partial charge in [-0.2, -0.15) is 4.68 Å². The van der Waals surface area contributed by atoms with Crippen LogP contribution in [0.25, 0.3) is 5.69 Å². The van der Waals surface area contributed by atoms with Crippen molar-refractivity contribution in [2.75, 3.05) is 13.7 Å². The summed E-state index contributed by atoms with van der Waals surface area (Å²) in [5, 5.41) is 15.3. The maximum Gasteiger partial charge on any atom is 0.350 e. The lowest BCUT2D eigenvalue weighted by Crippen LogP contribution is -2.37. The fourth-order valence-corrected chi connectivity index (χ4v) is 3.31. The first kappa shape index (κ1) is 17.9. The molecule has 0 N–H and O–H groups in total. The third kappa shape index (κ3) is 3.39. The van der Waals surface area contributed by atoms with Crippen molar-refractivity contribution in [1.82, 2.24) is 19.2 Å². The molecule has 0 spiro atoms. The summed E-state index contributed by atoms with van der Waals surface area (Å²) in [4.78, 5) is 25.2. The van der Waals surface area contributed by atoms with E-state index in [1.807, 2.05) is 24.3 Å². The van der Waals surface area contributed by atoms with E-state index in [4.69, 9.17) is 4.74 Å². The summed E-state index contributed by atoms with van der Waals surface area (Å²) in [6, 6.07) is 13.7. The molecule has 0 saturated carbocycles. The van der Waals surface area contributed by atoms with Crippen LogP contribution in [0.4, 0.5) is 5.69 Å². The van der Waals surface area contributed by atoms with Crippen LogP contribution >= 0.6 is 0 Å². The van der Waals surface area contributed by atoms with Crippen molar-refractivity contribution in [1.29, 1.82) is 0 Å². The monoisotopic (exact) mass is 381 g/mol. The molecule has 0 bridgehead atoms. The molecule has 9 nitrogen and oxygen atoms in total. The molecule has 144 valence electrons. The van der Waals surface area contributed by atoms with Gasteiger partial charge in [-0.05, 0) is 29.8 Å². The van der Waals surface area contributed by atoms with E-state index in [2.05, 4.69) is 10.00 Å². The Kier molecular flexibility index (Phi) is 4.66. The molecule has 0 amide bonds. The zero-order chi connectivity index (χ0) is 19.7. The number of nitro benzene ring substituents is 1. The van der Waals surface area contributed by atoms with E-state index in [1.165, 1.54) is 28.9 Å². The Morgan fingerprint density at radius 1 is 1.11 bits per heavy atom. The minimum absolute atomic E-state index is 0.0218. The maximum atomic E-state index is 12.7. The number of benzene rings is 2. The first-order chi connectivity index (χ1) is 13.5. The van der Waals surface area contributed by atoms with Gasteiger partial charge in [0.15, 0.2) is 0 Å². The largest absolute Gasteiger partial charge is 0.497 e. The average molecular weight is 381 g/mol. The predicted molar refractivity (Wildman–Crippen MR) is 102 cm³/mol. The molecule has 4 rings (SSSR count). The molecule has 1 aliphatic heterocycles. The van der Waals surface area contributed by atoms with Gasteiger partial charge in [-0.1, -0.05) is 12.1 Å². The van der Waals surface area contributed by atoms with E-state index in [1.54, 1.807) is 11.7 Å². The van der Waals surface area contributed by atoms with Gasteiger partial charge in [0.25, 0.3) is 5.69 Å². The van der Waals surface area contributed by atoms with Gasteiger partial charge in [0.05, 0.1) is 24.3 Å². The first-order valence-corrected chi connectivity index (χ1v) is 8.84. The number of fused-ring (bicyclic) bond motifs is 1. The van der Waals surface area contributed by atoms with Gasteiger partial charge in [0, 0.05) is 31.8 Å². The molecule has 1 aliphatic rings. The summed E-state index contributed by atoms with van der Waals surface area (Å²) in [6.45, 7) is 2.60. The minimum Gasteiger partial charge on any atom is -0.497 e. The second-order valence-electron chi connectivity index (χ2n) is 6.59. The zero-order valence-corrected chi connectivity index (χ0v) is 15.3. The second kappa shape index (κ2) is 7.28. The van der Waals surface area contributed by atoms with E-state index in [-0.39, 0.29) is 11.4 Å². The highest BCUT2D eigenvalue weighted by Crippen LogP contribution is 2.17. The van der Waals surface area contributed by atoms with Gasteiger partial charge < -0.3 is 4.74 Å². The smallest absolute Gasteiger partial charge is 0.350 e. The van der Waals surface area contributed by atoms with Crippen molar-refractivity contribution in [2.45, 2.75) is 19.6 Å². The standard InChI is InChI=1S/C19H19N5O4/c1-28-17-8-2-14(3-9-17)12-21-10-11-22-18(13-21)20-23(19(22)25)15-4-6-16(7-5-15)24(26)27/h2-9H,10-13H2,1H3. The molecule has 0 saturated heterocycles. The van der Waals surface area contributed by atoms with Crippen molar-refractivity contribution < 1.29 is 9.66 Å². The average Bonchev–Trinajstić information content (AvgIpc) is 3.04. The van der Waals surface area contributed by atoms with Crippen molar-refractivity contribution in [2.24, 2.45) is 0 Å².